The first-order chi connectivity index (χ1) is 22.8. The van der Waals surface area contributed by atoms with Gasteiger partial charge in [-0.2, -0.15) is 31.6 Å². The van der Waals surface area contributed by atoms with Gasteiger partial charge in [0, 0.05) is 43.7 Å². The number of hydrogen-bond acceptors (Lipinski definition) is 7. The minimum atomic E-state index is -4.74. The highest BCUT2D eigenvalue weighted by Gasteiger charge is 2.41. The Hall–Kier alpha value is -4.97. The average Bonchev–Trinajstić information content (AvgIpc) is 3.59. The molecule has 4 aromatic rings. The predicted octanol–water partition coefficient (Wildman–Crippen LogP) is 7.10. The number of amides is 1. The van der Waals surface area contributed by atoms with Crippen LogP contribution in [0.5, 0.6) is 0 Å². The van der Waals surface area contributed by atoms with E-state index < -0.39 is 35.9 Å². The standard InChI is InChI=1S/C33H30F6N8O/c1-46-18-43-45-30(46)23-8-7-21(32(34,35)36)15-24(23)20-13-28(41-10-3-2-9-40)44-29(14-20)47-17-26-25(31(47)48)11-19(12-27(26)33(37,38)39)16-42-22-5-4-6-22/h7-8,11-15,18,22,42H,2-6,10,16-17H2,1H3,(H,41,44). The number of aromatic nitrogens is 4. The molecule has 48 heavy (non-hydrogen) atoms. The summed E-state index contributed by atoms with van der Waals surface area (Å²) in [6.45, 7) is -0.00643. The molecule has 1 aliphatic heterocycles. The molecule has 0 unspecified atom stereocenters. The number of benzene rings is 2. The van der Waals surface area contributed by atoms with Crippen molar-refractivity contribution >= 4 is 17.5 Å². The van der Waals surface area contributed by atoms with Crippen LogP contribution < -0.4 is 15.5 Å². The zero-order chi connectivity index (χ0) is 34.2. The van der Waals surface area contributed by atoms with Crippen molar-refractivity contribution in [3.8, 4) is 28.6 Å². The molecule has 1 aliphatic carbocycles. The molecule has 2 aromatic heterocycles. The maximum absolute atomic E-state index is 14.3. The fraction of sp³-hybridized carbons (Fsp3) is 0.364. The molecule has 1 saturated carbocycles. The van der Waals surface area contributed by atoms with Crippen molar-refractivity contribution in [2.24, 2.45) is 7.05 Å². The molecule has 1 amide bonds. The Balaban J connectivity index is 1.45. The number of fused-ring (bicyclic) bond motifs is 1. The van der Waals surface area contributed by atoms with Crippen LogP contribution in [0.4, 0.5) is 38.0 Å². The second kappa shape index (κ2) is 12.9. The number of nitrogens with zero attached hydrogens (tertiary/aromatic N) is 6. The Morgan fingerprint density at radius 1 is 1.00 bits per heavy atom. The van der Waals surface area contributed by atoms with Crippen molar-refractivity contribution < 1.29 is 31.1 Å². The molecule has 3 heterocycles. The highest BCUT2D eigenvalue weighted by molar-refractivity contribution is 6.10. The highest BCUT2D eigenvalue weighted by Crippen LogP contribution is 2.42. The zero-order valence-electron chi connectivity index (χ0n) is 25.7. The van der Waals surface area contributed by atoms with E-state index in [1.165, 1.54) is 35.2 Å². The number of carbonyl (C=O) groups excluding carboxylic acids is 1. The minimum Gasteiger partial charge on any atom is -0.370 e. The van der Waals surface area contributed by atoms with E-state index in [2.05, 4.69) is 25.8 Å². The maximum atomic E-state index is 14.3. The number of halogens is 6. The van der Waals surface area contributed by atoms with Gasteiger partial charge in [0.15, 0.2) is 5.82 Å². The summed E-state index contributed by atoms with van der Waals surface area (Å²) in [5.74, 6) is -0.339. The predicted molar refractivity (Wildman–Crippen MR) is 164 cm³/mol. The fourth-order valence-electron chi connectivity index (χ4n) is 5.85. The third-order valence-corrected chi connectivity index (χ3v) is 8.58. The molecule has 0 bridgehead atoms. The van der Waals surface area contributed by atoms with Crippen LogP contribution in [-0.4, -0.2) is 38.2 Å². The third kappa shape index (κ3) is 6.70. The lowest BCUT2D eigenvalue weighted by atomic mass is 9.92. The van der Waals surface area contributed by atoms with Crippen molar-refractivity contribution in [1.29, 1.82) is 5.26 Å². The van der Waals surface area contributed by atoms with Crippen LogP contribution in [0.3, 0.4) is 0 Å². The van der Waals surface area contributed by atoms with E-state index in [0.717, 1.165) is 42.4 Å². The van der Waals surface area contributed by atoms with Crippen LogP contribution in [0.2, 0.25) is 0 Å². The van der Waals surface area contributed by atoms with Crippen molar-refractivity contribution in [2.45, 2.75) is 63.6 Å². The van der Waals surface area contributed by atoms with Crippen LogP contribution in [0.15, 0.2) is 48.8 Å². The van der Waals surface area contributed by atoms with Gasteiger partial charge >= 0.3 is 12.4 Å². The van der Waals surface area contributed by atoms with Gasteiger partial charge in [0.05, 0.1) is 23.7 Å². The highest BCUT2D eigenvalue weighted by atomic mass is 19.4. The summed E-state index contributed by atoms with van der Waals surface area (Å²) in [6, 6.07) is 10.8. The van der Waals surface area contributed by atoms with E-state index in [0.29, 0.717) is 17.5 Å². The van der Waals surface area contributed by atoms with E-state index >= 15 is 0 Å². The van der Waals surface area contributed by atoms with E-state index in [9.17, 15) is 31.1 Å². The molecule has 2 aliphatic rings. The Labute approximate surface area is 271 Å². The van der Waals surface area contributed by atoms with Crippen LogP contribution in [-0.2, 0) is 32.5 Å². The van der Waals surface area contributed by atoms with Crippen LogP contribution >= 0.6 is 0 Å². The van der Waals surface area contributed by atoms with E-state index in [1.807, 2.05) is 6.07 Å². The first-order valence-corrected chi connectivity index (χ1v) is 15.3. The summed E-state index contributed by atoms with van der Waals surface area (Å²) in [5.41, 5.74) is -1.25. The Bertz CT molecular complexity index is 1890. The molecule has 9 nitrogen and oxygen atoms in total. The van der Waals surface area contributed by atoms with Crippen LogP contribution in [0.25, 0.3) is 22.5 Å². The molecule has 0 radical (unpaired) electrons. The fourth-order valence-corrected chi connectivity index (χ4v) is 5.85. The van der Waals surface area contributed by atoms with Gasteiger partial charge in [0.25, 0.3) is 5.91 Å². The topological polar surface area (TPSA) is 112 Å². The number of hydrogen-bond donors (Lipinski definition) is 2. The number of alkyl halides is 6. The van der Waals surface area contributed by atoms with Crippen molar-refractivity contribution in [2.75, 3.05) is 16.8 Å². The van der Waals surface area contributed by atoms with Gasteiger partial charge in [-0.15, -0.1) is 10.2 Å². The quantitative estimate of drug-likeness (QED) is 0.137. The lowest BCUT2D eigenvalue weighted by Gasteiger charge is -2.26. The number of rotatable bonds is 10. The smallest absolute Gasteiger partial charge is 0.370 e. The van der Waals surface area contributed by atoms with Gasteiger partial charge in [0.1, 0.15) is 18.0 Å². The van der Waals surface area contributed by atoms with Crippen molar-refractivity contribution in [3.63, 3.8) is 0 Å². The monoisotopic (exact) mass is 668 g/mol. The molecule has 1 fully saturated rings. The van der Waals surface area contributed by atoms with Crippen LogP contribution in [0, 0.1) is 11.3 Å². The lowest BCUT2D eigenvalue weighted by molar-refractivity contribution is -0.138. The molecule has 0 atom stereocenters. The zero-order valence-corrected chi connectivity index (χ0v) is 25.7. The number of pyridine rings is 1. The number of nitrogens with one attached hydrogen (secondary N) is 2. The molecule has 250 valence electrons. The molecule has 15 heteroatoms. The molecule has 2 aromatic carbocycles. The Morgan fingerprint density at radius 3 is 2.44 bits per heavy atom. The van der Waals surface area contributed by atoms with Gasteiger partial charge in [-0.25, -0.2) is 4.98 Å². The largest absolute Gasteiger partial charge is 0.416 e. The van der Waals surface area contributed by atoms with Gasteiger partial charge in [-0.1, -0.05) is 6.42 Å². The molecule has 6 rings (SSSR count). The molecule has 0 spiro atoms. The third-order valence-electron chi connectivity index (χ3n) is 8.58. The van der Waals surface area contributed by atoms with Gasteiger partial charge in [0.2, 0.25) is 0 Å². The summed E-state index contributed by atoms with van der Waals surface area (Å²) in [4.78, 5) is 19.5. The molecule has 2 N–H and O–H groups in total. The van der Waals surface area contributed by atoms with Gasteiger partial charge < -0.3 is 15.2 Å². The summed E-state index contributed by atoms with van der Waals surface area (Å²) in [5, 5.41) is 23.1. The SMILES string of the molecule is Cn1cnnc1-c1ccc(C(F)(F)F)cc1-c1cc(NCCCC#N)nc(N2Cc3c(cc(CNC4CCC4)cc3C(F)(F)F)C2=O)c1. The average molecular weight is 669 g/mol. The summed E-state index contributed by atoms with van der Waals surface area (Å²) in [6.07, 6.45) is -4.47. The maximum Gasteiger partial charge on any atom is 0.416 e. The Morgan fingerprint density at radius 2 is 1.79 bits per heavy atom. The second-order valence-corrected chi connectivity index (χ2v) is 11.9. The molecular formula is C33H30F6N8O. The van der Waals surface area contributed by atoms with Crippen molar-refractivity contribution in [1.82, 2.24) is 25.1 Å². The number of carbonyl (C=O) groups is 1. The van der Waals surface area contributed by atoms with E-state index in [-0.39, 0.29) is 65.3 Å². The first-order valence-electron chi connectivity index (χ1n) is 15.3. The van der Waals surface area contributed by atoms with E-state index in [4.69, 9.17) is 5.26 Å². The number of nitriles is 1. The second-order valence-electron chi connectivity index (χ2n) is 11.9. The van der Waals surface area contributed by atoms with Gasteiger partial charge in [-0.05, 0) is 84.0 Å². The summed E-state index contributed by atoms with van der Waals surface area (Å²) >= 11 is 0. The summed E-state index contributed by atoms with van der Waals surface area (Å²) in [7, 11) is 1.63. The van der Waals surface area contributed by atoms with Crippen molar-refractivity contribution in [3.05, 3.63) is 76.6 Å². The number of aryl methyl sites for hydroxylation is 1. The first kappa shape index (κ1) is 33.0. The molecule has 0 saturated heterocycles. The lowest BCUT2D eigenvalue weighted by Crippen LogP contribution is -2.34. The number of anilines is 2. The van der Waals surface area contributed by atoms with Gasteiger partial charge in [-0.3, -0.25) is 9.69 Å². The molecular weight excluding hydrogens is 638 g/mol. The number of unbranched alkanes of at least 4 members (excludes halogenated alkanes) is 1. The van der Waals surface area contributed by atoms with E-state index in [1.54, 1.807) is 7.05 Å². The Kier molecular flexibility index (Phi) is 8.86. The van der Waals surface area contributed by atoms with Crippen LogP contribution in [0.1, 0.15) is 64.7 Å². The normalized spacial score (nSPS) is 15.0. The minimum absolute atomic E-state index is 0.0555. The summed E-state index contributed by atoms with van der Waals surface area (Å²) < 4.78 is 86.4.